The van der Waals surface area contributed by atoms with Crippen molar-refractivity contribution in [2.45, 2.75) is 19.8 Å². The van der Waals surface area contributed by atoms with Crippen LogP contribution in [0, 0.1) is 12.7 Å². The van der Waals surface area contributed by atoms with Crippen LogP contribution in [0.5, 0.6) is 0 Å². The average Bonchev–Trinajstić information content (AvgIpc) is 3.43. The van der Waals surface area contributed by atoms with Crippen LogP contribution in [0.1, 0.15) is 24.0 Å². The van der Waals surface area contributed by atoms with E-state index in [1.54, 1.807) is 12.1 Å². The van der Waals surface area contributed by atoms with Gasteiger partial charge in [0.15, 0.2) is 0 Å². The minimum atomic E-state index is -0.437. The highest BCUT2D eigenvalue weighted by Crippen LogP contribution is 2.34. The largest absolute Gasteiger partial charge is 0.372 e. The minimum absolute atomic E-state index is 0.182. The fourth-order valence-electron chi connectivity index (χ4n) is 4.41. The first-order valence-corrected chi connectivity index (χ1v) is 11.1. The molecular formula is C27H24FN3O2. The third kappa shape index (κ3) is 4.00. The van der Waals surface area contributed by atoms with Crippen LogP contribution in [-0.2, 0) is 9.59 Å². The van der Waals surface area contributed by atoms with Gasteiger partial charge in [-0.25, -0.2) is 9.29 Å². The van der Waals surface area contributed by atoms with Gasteiger partial charge in [-0.15, -0.1) is 0 Å². The van der Waals surface area contributed by atoms with Crippen LogP contribution >= 0.6 is 0 Å². The van der Waals surface area contributed by atoms with E-state index in [1.165, 1.54) is 42.0 Å². The topological polar surface area (TPSA) is 52.7 Å². The first-order valence-electron chi connectivity index (χ1n) is 11.1. The lowest BCUT2D eigenvalue weighted by Gasteiger charge is -2.18. The molecule has 0 atom stereocenters. The van der Waals surface area contributed by atoms with E-state index in [-0.39, 0.29) is 11.3 Å². The van der Waals surface area contributed by atoms with Crippen molar-refractivity contribution in [1.29, 1.82) is 0 Å². The third-order valence-corrected chi connectivity index (χ3v) is 6.08. The summed E-state index contributed by atoms with van der Waals surface area (Å²) in [6.07, 6.45) is 2.39. The SMILES string of the molecule is Cc1cccc(N2C(=O)C(Nc3ccc(N4CCCC4)cc3)=C(c3ccc(F)cc3)C2=O)c1. The van der Waals surface area contributed by atoms with E-state index in [0.717, 1.165) is 24.3 Å². The summed E-state index contributed by atoms with van der Waals surface area (Å²) in [4.78, 5) is 30.4. The summed E-state index contributed by atoms with van der Waals surface area (Å²) in [6, 6.07) is 20.7. The molecule has 33 heavy (non-hydrogen) atoms. The molecule has 2 aliphatic rings. The molecule has 3 aromatic rings. The van der Waals surface area contributed by atoms with Gasteiger partial charge >= 0.3 is 0 Å². The Bertz CT molecular complexity index is 1240. The molecule has 0 unspecified atom stereocenters. The lowest BCUT2D eigenvalue weighted by Crippen LogP contribution is -2.32. The molecule has 0 spiro atoms. The second kappa shape index (κ2) is 8.54. The van der Waals surface area contributed by atoms with Crippen molar-refractivity contribution in [2.24, 2.45) is 0 Å². The Morgan fingerprint density at radius 2 is 1.52 bits per heavy atom. The van der Waals surface area contributed by atoms with E-state index in [0.29, 0.717) is 16.9 Å². The van der Waals surface area contributed by atoms with Crippen LogP contribution in [0.25, 0.3) is 5.57 Å². The van der Waals surface area contributed by atoms with Crippen molar-refractivity contribution in [2.75, 3.05) is 28.2 Å². The van der Waals surface area contributed by atoms with Gasteiger partial charge in [0.1, 0.15) is 11.5 Å². The molecule has 1 fully saturated rings. The smallest absolute Gasteiger partial charge is 0.282 e. The number of aryl methyl sites for hydroxylation is 1. The molecule has 1 saturated heterocycles. The van der Waals surface area contributed by atoms with E-state index in [9.17, 15) is 14.0 Å². The molecule has 0 bridgehead atoms. The number of amides is 2. The summed E-state index contributed by atoms with van der Waals surface area (Å²) in [5, 5.41) is 3.17. The maximum absolute atomic E-state index is 13.5. The standard InChI is InChI=1S/C27H24FN3O2/c1-18-5-4-6-23(17-18)31-26(32)24(19-7-9-20(28)10-8-19)25(27(31)33)29-21-11-13-22(14-12-21)30-15-2-3-16-30/h4-14,17,29H,2-3,15-16H2,1H3. The number of carbonyl (C=O) groups excluding carboxylic acids is 2. The molecule has 0 aromatic heterocycles. The first kappa shape index (κ1) is 20.9. The molecule has 0 saturated carbocycles. The monoisotopic (exact) mass is 441 g/mol. The van der Waals surface area contributed by atoms with E-state index in [2.05, 4.69) is 10.2 Å². The molecule has 2 heterocycles. The van der Waals surface area contributed by atoms with Crippen LogP contribution in [-0.4, -0.2) is 24.9 Å². The summed E-state index contributed by atoms with van der Waals surface area (Å²) < 4.78 is 13.5. The number of rotatable bonds is 5. The molecule has 0 aliphatic carbocycles. The summed E-state index contributed by atoms with van der Waals surface area (Å²) in [7, 11) is 0. The normalized spacial score (nSPS) is 16.2. The minimum Gasteiger partial charge on any atom is -0.372 e. The molecule has 2 amide bonds. The van der Waals surface area contributed by atoms with Crippen molar-refractivity contribution in [3.63, 3.8) is 0 Å². The van der Waals surface area contributed by atoms with Crippen molar-refractivity contribution >= 4 is 34.4 Å². The summed E-state index contributed by atoms with van der Waals surface area (Å²) in [6.45, 7) is 4.00. The number of anilines is 3. The molecule has 2 aliphatic heterocycles. The number of halogens is 1. The van der Waals surface area contributed by atoms with Crippen LogP contribution in [0.15, 0.2) is 78.5 Å². The lowest BCUT2D eigenvalue weighted by atomic mass is 10.0. The highest BCUT2D eigenvalue weighted by Gasteiger charge is 2.40. The quantitative estimate of drug-likeness (QED) is 0.558. The number of hydrogen-bond donors (Lipinski definition) is 1. The highest BCUT2D eigenvalue weighted by molar-refractivity contribution is 6.46. The molecule has 1 N–H and O–H groups in total. The Labute approximate surface area is 192 Å². The van der Waals surface area contributed by atoms with Gasteiger partial charge in [0.05, 0.1) is 11.3 Å². The molecule has 166 valence electrons. The van der Waals surface area contributed by atoms with Crippen molar-refractivity contribution in [1.82, 2.24) is 0 Å². The fraction of sp³-hybridized carbons (Fsp3) is 0.185. The Morgan fingerprint density at radius 1 is 0.818 bits per heavy atom. The van der Waals surface area contributed by atoms with Crippen molar-refractivity contribution in [3.05, 3.63) is 95.4 Å². The molecule has 5 nitrogen and oxygen atoms in total. The Hall–Kier alpha value is -3.93. The van der Waals surface area contributed by atoms with Gasteiger partial charge in [-0.05, 0) is 79.4 Å². The Balaban J connectivity index is 1.52. The molecule has 0 radical (unpaired) electrons. The molecule has 5 rings (SSSR count). The predicted molar refractivity (Wildman–Crippen MR) is 129 cm³/mol. The predicted octanol–water partition coefficient (Wildman–Crippen LogP) is 5.13. The zero-order chi connectivity index (χ0) is 22.9. The van der Waals surface area contributed by atoms with Crippen molar-refractivity contribution in [3.8, 4) is 0 Å². The third-order valence-electron chi connectivity index (χ3n) is 6.08. The summed E-state index contributed by atoms with van der Waals surface area (Å²) >= 11 is 0. The van der Waals surface area contributed by atoms with Gasteiger partial charge in [0.25, 0.3) is 11.8 Å². The van der Waals surface area contributed by atoms with Gasteiger partial charge in [0, 0.05) is 24.5 Å². The Kier molecular flexibility index (Phi) is 5.42. The number of imide groups is 1. The molecular weight excluding hydrogens is 417 g/mol. The highest BCUT2D eigenvalue weighted by atomic mass is 19.1. The zero-order valence-corrected chi connectivity index (χ0v) is 18.3. The first-order chi connectivity index (χ1) is 16.0. The number of benzene rings is 3. The number of nitrogens with zero attached hydrogens (tertiary/aromatic N) is 2. The molecule has 6 heteroatoms. The zero-order valence-electron chi connectivity index (χ0n) is 18.3. The van der Waals surface area contributed by atoms with Gasteiger partial charge in [-0.1, -0.05) is 24.3 Å². The second-order valence-corrected chi connectivity index (χ2v) is 8.41. The average molecular weight is 442 g/mol. The number of nitrogens with one attached hydrogen (secondary N) is 1. The Morgan fingerprint density at radius 3 is 2.18 bits per heavy atom. The van der Waals surface area contributed by atoms with Gasteiger partial charge in [-0.3, -0.25) is 9.59 Å². The van der Waals surface area contributed by atoms with Crippen LogP contribution < -0.4 is 15.1 Å². The second-order valence-electron chi connectivity index (χ2n) is 8.41. The maximum Gasteiger partial charge on any atom is 0.282 e. The summed E-state index contributed by atoms with van der Waals surface area (Å²) in [5.74, 6) is -1.28. The van der Waals surface area contributed by atoms with Crippen LogP contribution in [0.2, 0.25) is 0 Å². The van der Waals surface area contributed by atoms with E-state index < -0.39 is 17.6 Å². The van der Waals surface area contributed by atoms with Crippen LogP contribution in [0.4, 0.5) is 21.5 Å². The van der Waals surface area contributed by atoms with Gasteiger partial charge in [0.2, 0.25) is 0 Å². The number of hydrogen-bond acceptors (Lipinski definition) is 4. The van der Waals surface area contributed by atoms with Gasteiger partial charge in [-0.2, -0.15) is 0 Å². The lowest BCUT2D eigenvalue weighted by molar-refractivity contribution is -0.120. The fourth-order valence-corrected chi connectivity index (χ4v) is 4.41. The van der Waals surface area contributed by atoms with E-state index in [4.69, 9.17) is 0 Å². The maximum atomic E-state index is 13.5. The van der Waals surface area contributed by atoms with Gasteiger partial charge < -0.3 is 10.2 Å². The van der Waals surface area contributed by atoms with E-state index in [1.807, 2.05) is 43.3 Å². The molecule has 3 aromatic carbocycles. The van der Waals surface area contributed by atoms with Crippen molar-refractivity contribution < 1.29 is 14.0 Å². The van der Waals surface area contributed by atoms with E-state index >= 15 is 0 Å². The summed E-state index contributed by atoms with van der Waals surface area (Å²) in [5.41, 5.74) is 4.19. The number of carbonyl (C=O) groups is 2. The van der Waals surface area contributed by atoms with Crippen LogP contribution in [0.3, 0.4) is 0 Å².